The quantitative estimate of drug-likeness (QED) is 0.321. The monoisotopic (exact) mass is 445 g/mol. The van der Waals surface area contributed by atoms with Crippen molar-refractivity contribution in [2.45, 2.75) is 20.3 Å². The third-order valence-corrected chi connectivity index (χ3v) is 5.38. The Morgan fingerprint density at radius 2 is 1.90 bits per heavy atom. The van der Waals surface area contributed by atoms with E-state index >= 15 is 0 Å². The van der Waals surface area contributed by atoms with Gasteiger partial charge < -0.3 is 5.32 Å². The van der Waals surface area contributed by atoms with Crippen molar-refractivity contribution in [2.75, 3.05) is 6.54 Å². The van der Waals surface area contributed by atoms with Gasteiger partial charge in [0.2, 0.25) is 0 Å². The molecule has 0 unspecified atom stereocenters. The number of hydrogen-bond acceptors (Lipinski definition) is 3. The molecule has 0 aliphatic carbocycles. The Bertz CT molecular complexity index is 1030. The summed E-state index contributed by atoms with van der Waals surface area (Å²) in [5.41, 5.74) is 7.75. The van der Waals surface area contributed by atoms with Crippen molar-refractivity contribution in [3.05, 3.63) is 81.6 Å². The largest absolute Gasteiger partial charge is 0.361 e. The van der Waals surface area contributed by atoms with Crippen LogP contribution >= 0.6 is 35.4 Å². The fraction of sp³-hybridized carbons (Fsp3) is 0.190. The number of hydrazone groups is 1. The number of aromatic nitrogens is 2. The molecule has 0 aliphatic heterocycles. The summed E-state index contributed by atoms with van der Waals surface area (Å²) in [6.45, 7) is 4.59. The highest BCUT2D eigenvalue weighted by Crippen LogP contribution is 2.22. The van der Waals surface area contributed by atoms with Crippen molar-refractivity contribution in [3.8, 4) is 5.69 Å². The van der Waals surface area contributed by atoms with E-state index in [1.807, 2.05) is 67.2 Å². The number of para-hydroxylation sites is 1. The maximum atomic E-state index is 6.04. The topological polar surface area (TPSA) is 54.2 Å². The molecule has 150 valence electrons. The first-order chi connectivity index (χ1) is 14.0. The van der Waals surface area contributed by atoms with Gasteiger partial charge in [-0.25, -0.2) is 4.68 Å². The molecule has 0 bridgehead atoms. The fourth-order valence-electron chi connectivity index (χ4n) is 2.84. The summed E-state index contributed by atoms with van der Waals surface area (Å²) >= 11 is 17.3. The van der Waals surface area contributed by atoms with Crippen LogP contribution in [0.4, 0.5) is 0 Å². The number of rotatable bonds is 6. The zero-order chi connectivity index (χ0) is 20.8. The lowest BCUT2D eigenvalue weighted by molar-refractivity contribution is 0.836. The molecule has 3 aromatic rings. The number of hydrogen-bond donors (Lipinski definition) is 2. The van der Waals surface area contributed by atoms with Crippen LogP contribution in [0.2, 0.25) is 10.0 Å². The summed E-state index contributed by atoms with van der Waals surface area (Å²) in [5, 5.41) is 13.5. The molecule has 0 aliphatic rings. The molecule has 0 fully saturated rings. The predicted octanol–water partition coefficient (Wildman–Crippen LogP) is 4.92. The second-order valence-electron chi connectivity index (χ2n) is 6.45. The SMILES string of the molecule is C/C(=N\NC(=S)NCCc1ccc(Cl)c(Cl)c1)c1cnn(-c2ccccc2)c1C. The third-order valence-electron chi connectivity index (χ3n) is 4.41. The van der Waals surface area contributed by atoms with Crippen LogP contribution in [0.15, 0.2) is 59.8 Å². The Morgan fingerprint density at radius 1 is 1.14 bits per heavy atom. The summed E-state index contributed by atoms with van der Waals surface area (Å²) in [6.07, 6.45) is 2.58. The molecule has 1 aromatic heterocycles. The van der Waals surface area contributed by atoms with Crippen LogP contribution in [0.1, 0.15) is 23.7 Å². The first-order valence-electron chi connectivity index (χ1n) is 9.08. The molecule has 1 heterocycles. The fourth-order valence-corrected chi connectivity index (χ4v) is 3.31. The second-order valence-corrected chi connectivity index (χ2v) is 7.68. The Labute approximate surface area is 185 Å². The molecular weight excluding hydrogens is 425 g/mol. The highest BCUT2D eigenvalue weighted by molar-refractivity contribution is 7.80. The molecule has 0 atom stereocenters. The van der Waals surface area contributed by atoms with Gasteiger partial charge in [0.05, 0.1) is 33.3 Å². The molecule has 0 saturated carbocycles. The van der Waals surface area contributed by atoms with Gasteiger partial charge in [-0.15, -0.1) is 0 Å². The average molecular weight is 446 g/mol. The first-order valence-corrected chi connectivity index (χ1v) is 10.2. The molecule has 0 amide bonds. The summed E-state index contributed by atoms with van der Waals surface area (Å²) in [4.78, 5) is 0. The van der Waals surface area contributed by atoms with Crippen LogP contribution in [-0.4, -0.2) is 27.1 Å². The number of nitrogens with one attached hydrogen (secondary N) is 2. The van der Waals surface area contributed by atoms with Gasteiger partial charge in [0.1, 0.15) is 0 Å². The zero-order valence-electron chi connectivity index (χ0n) is 16.1. The number of thiocarbonyl (C=S) groups is 1. The molecule has 0 radical (unpaired) electrons. The van der Waals surface area contributed by atoms with E-state index in [4.69, 9.17) is 35.4 Å². The van der Waals surface area contributed by atoms with Gasteiger partial charge in [0, 0.05) is 12.1 Å². The molecule has 8 heteroatoms. The van der Waals surface area contributed by atoms with Gasteiger partial charge >= 0.3 is 0 Å². The molecule has 0 spiro atoms. The standard InChI is InChI=1S/C21H21Cl2N5S/c1-14(18-13-25-28(15(18)2)17-6-4-3-5-7-17)26-27-21(29)24-11-10-16-8-9-19(22)20(23)12-16/h3-9,12-13H,10-11H2,1-2H3,(H2,24,27,29)/b26-14+. The van der Waals surface area contributed by atoms with E-state index < -0.39 is 0 Å². The molecule has 2 N–H and O–H groups in total. The molecular formula is C21H21Cl2N5S. The summed E-state index contributed by atoms with van der Waals surface area (Å²) in [6, 6.07) is 15.6. The maximum Gasteiger partial charge on any atom is 0.186 e. The van der Waals surface area contributed by atoms with Crippen LogP contribution in [-0.2, 0) is 6.42 Å². The number of benzene rings is 2. The first kappa shape index (κ1) is 21.3. The third kappa shape index (κ3) is 5.56. The minimum atomic E-state index is 0.456. The average Bonchev–Trinajstić information content (AvgIpc) is 3.11. The minimum absolute atomic E-state index is 0.456. The number of nitrogens with zero attached hydrogens (tertiary/aromatic N) is 3. The van der Waals surface area contributed by atoms with Crippen LogP contribution in [0.25, 0.3) is 5.69 Å². The normalized spacial score (nSPS) is 11.4. The predicted molar refractivity (Wildman–Crippen MR) is 124 cm³/mol. The molecule has 29 heavy (non-hydrogen) atoms. The summed E-state index contributed by atoms with van der Waals surface area (Å²) < 4.78 is 1.89. The Balaban J connectivity index is 1.55. The lowest BCUT2D eigenvalue weighted by Gasteiger charge is -2.09. The highest BCUT2D eigenvalue weighted by Gasteiger charge is 2.10. The van der Waals surface area contributed by atoms with Crippen molar-refractivity contribution in [1.29, 1.82) is 0 Å². The number of halogens is 2. The smallest absolute Gasteiger partial charge is 0.186 e. The van der Waals surface area contributed by atoms with Crippen molar-refractivity contribution in [2.24, 2.45) is 5.10 Å². The van der Waals surface area contributed by atoms with E-state index in [1.54, 1.807) is 6.07 Å². The van der Waals surface area contributed by atoms with Crippen LogP contribution in [0.3, 0.4) is 0 Å². The van der Waals surface area contributed by atoms with E-state index in [2.05, 4.69) is 20.9 Å². The van der Waals surface area contributed by atoms with Gasteiger partial charge in [-0.2, -0.15) is 10.2 Å². The molecule has 5 nitrogen and oxygen atoms in total. The molecule has 2 aromatic carbocycles. The minimum Gasteiger partial charge on any atom is -0.361 e. The van der Waals surface area contributed by atoms with Crippen molar-refractivity contribution in [3.63, 3.8) is 0 Å². The maximum absolute atomic E-state index is 6.04. The van der Waals surface area contributed by atoms with Crippen molar-refractivity contribution < 1.29 is 0 Å². The Hall–Kier alpha value is -2.41. The molecule has 3 rings (SSSR count). The second kappa shape index (κ2) is 9.87. The van der Waals surface area contributed by atoms with Gasteiger partial charge in [-0.3, -0.25) is 5.43 Å². The lowest BCUT2D eigenvalue weighted by Crippen LogP contribution is -2.34. The Kier molecular flexibility index (Phi) is 7.25. The van der Waals surface area contributed by atoms with Gasteiger partial charge in [0.25, 0.3) is 0 Å². The van der Waals surface area contributed by atoms with Crippen LogP contribution in [0, 0.1) is 6.92 Å². The highest BCUT2D eigenvalue weighted by atomic mass is 35.5. The van der Waals surface area contributed by atoms with E-state index in [0.717, 1.165) is 34.6 Å². The van der Waals surface area contributed by atoms with Gasteiger partial charge in [-0.05, 0) is 62.3 Å². The van der Waals surface area contributed by atoms with E-state index in [1.165, 1.54) is 0 Å². The van der Waals surface area contributed by atoms with Crippen LogP contribution in [0.5, 0.6) is 0 Å². The zero-order valence-corrected chi connectivity index (χ0v) is 18.4. The van der Waals surface area contributed by atoms with Crippen LogP contribution < -0.4 is 10.7 Å². The van der Waals surface area contributed by atoms with E-state index in [9.17, 15) is 0 Å². The van der Waals surface area contributed by atoms with Crippen molar-refractivity contribution in [1.82, 2.24) is 20.5 Å². The molecule has 0 saturated heterocycles. The summed E-state index contributed by atoms with van der Waals surface area (Å²) in [5.74, 6) is 0. The van der Waals surface area contributed by atoms with Crippen molar-refractivity contribution >= 4 is 46.2 Å². The lowest BCUT2D eigenvalue weighted by atomic mass is 10.1. The van der Waals surface area contributed by atoms with Gasteiger partial charge in [-0.1, -0.05) is 47.5 Å². The van der Waals surface area contributed by atoms with Gasteiger partial charge in [0.15, 0.2) is 5.11 Å². The van der Waals surface area contributed by atoms with E-state index in [-0.39, 0.29) is 0 Å². The van der Waals surface area contributed by atoms with E-state index in [0.29, 0.717) is 21.7 Å². The summed E-state index contributed by atoms with van der Waals surface area (Å²) in [7, 11) is 0. The Morgan fingerprint density at radius 3 is 2.62 bits per heavy atom.